The van der Waals surface area contributed by atoms with E-state index < -0.39 is 0 Å². The van der Waals surface area contributed by atoms with Crippen LogP contribution in [0.3, 0.4) is 0 Å². The number of piperidine rings is 1. The van der Waals surface area contributed by atoms with E-state index in [-0.39, 0.29) is 11.5 Å². The van der Waals surface area contributed by atoms with E-state index in [1.165, 1.54) is 25.1 Å². The average Bonchev–Trinajstić information content (AvgIpc) is 3.52. The second-order valence-electron chi connectivity index (χ2n) is 9.39. The summed E-state index contributed by atoms with van der Waals surface area (Å²) in [6, 6.07) is 3.84. The number of amides is 1. The lowest BCUT2D eigenvalue weighted by atomic mass is 9.89. The Morgan fingerprint density at radius 3 is 2.68 bits per heavy atom. The van der Waals surface area contributed by atoms with E-state index in [0.717, 1.165) is 49.8 Å². The zero-order valence-electron chi connectivity index (χ0n) is 18.7. The first-order valence-corrected chi connectivity index (χ1v) is 11.7. The third-order valence-electron chi connectivity index (χ3n) is 7.03. The maximum atomic E-state index is 13.0. The number of imidazole rings is 1. The van der Waals surface area contributed by atoms with Crippen molar-refractivity contribution in [1.82, 2.24) is 24.3 Å². The number of likely N-dealkylation sites (tertiary alicyclic amines) is 1. The summed E-state index contributed by atoms with van der Waals surface area (Å²) >= 11 is 0. The molecule has 1 saturated heterocycles. The summed E-state index contributed by atoms with van der Waals surface area (Å²) in [7, 11) is 2.21. The third-order valence-corrected chi connectivity index (χ3v) is 7.03. The molecule has 1 aliphatic carbocycles. The van der Waals surface area contributed by atoms with E-state index in [1.54, 1.807) is 6.20 Å². The second kappa shape index (κ2) is 8.36. The van der Waals surface area contributed by atoms with Gasteiger partial charge in [-0.2, -0.15) is 0 Å². The van der Waals surface area contributed by atoms with Crippen molar-refractivity contribution in [2.75, 3.05) is 33.3 Å². The van der Waals surface area contributed by atoms with E-state index in [1.807, 2.05) is 23.2 Å². The summed E-state index contributed by atoms with van der Waals surface area (Å²) in [5.41, 5.74) is 2.59. The molecule has 0 atom stereocenters. The maximum Gasteiger partial charge on any atom is 0.255 e. The van der Waals surface area contributed by atoms with Crippen LogP contribution in [0.4, 0.5) is 0 Å². The highest BCUT2D eigenvalue weighted by Gasteiger charge is 2.44. The van der Waals surface area contributed by atoms with Crippen LogP contribution in [0.25, 0.3) is 0 Å². The third kappa shape index (κ3) is 4.13. The van der Waals surface area contributed by atoms with Crippen LogP contribution in [0, 0.1) is 5.92 Å². The molecule has 166 valence electrons. The van der Waals surface area contributed by atoms with Crippen molar-refractivity contribution in [2.24, 2.45) is 5.92 Å². The number of aryl methyl sites for hydroxylation is 1. The first-order valence-electron chi connectivity index (χ1n) is 11.7. The molecule has 2 aromatic rings. The van der Waals surface area contributed by atoms with Crippen LogP contribution in [0.5, 0.6) is 0 Å². The number of carbonyl (C=O) groups excluding carboxylic acids is 1. The molecule has 2 aromatic heterocycles. The number of aromatic nitrogens is 3. The largest absolute Gasteiger partial charge is 0.365 e. The van der Waals surface area contributed by atoms with Crippen molar-refractivity contribution >= 4 is 5.91 Å². The number of rotatable bonds is 6. The molecular weight excluding hydrogens is 390 g/mol. The molecule has 1 amide bonds. The van der Waals surface area contributed by atoms with Gasteiger partial charge in [-0.05, 0) is 44.4 Å². The molecule has 31 heavy (non-hydrogen) atoms. The molecule has 0 N–H and O–H groups in total. The first kappa shape index (κ1) is 20.6. The number of fused-ring (bicyclic) bond motifs is 2. The Balaban J connectivity index is 1.26. The van der Waals surface area contributed by atoms with E-state index in [2.05, 4.69) is 28.4 Å². The van der Waals surface area contributed by atoms with Crippen LogP contribution in [0.15, 0.2) is 24.5 Å². The SMILES string of the molecule is CCc1ccc(C(=O)N2CCC3(CC2)OCCn2c(CN(C)CC4CC4)cnc23)cn1. The van der Waals surface area contributed by atoms with Gasteiger partial charge in [0.1, 0.15) is 11.4 Å². The minimum absolute atomic E-state index is 0.0616. The molecule has 0 bridgehead atoms. The summed E-state index contributed by atoms with van der Waals surface area (Å²) in [6.07, 6.45) is 8.94. The number of hydrogen-bond acceptors (Lipinski definition) is 5. The molecule has 0 unspecified atom stereocenters. The van der Waals surface area contributed by atoms with E-state index in [0.29, 0.717) is 25.3 Å². The molecule has 2 aliphatic heterocycles. The van der Waals surface area contributed by atoms with Gasteiger partial charge in [0.25, 0.3) is 5.91 Å². The van der Waals surface area contributed by atoms with Crippen molar-refractivity contribution in [3.05, 3.63) is 47.3 Å². The van der Waals surface area contributed by atoms with Crippen molar-refractivity contribution in [2.45, 2.75) is 57.7 Å². The van der Waals surface area contributed by atoms with Crippen molar-refractivity contribution in [3.8, 4) is 0 Å². The van der Waals surface area contributed by atoms with Gasteiger partial charge in [0.15, 0.2) is 0 Å². The van der Waals surface area contributed by atoms with Gasteiger partial charge in [0.05, 0.1) is 17.9 Å². The lowest BCUT2D eigenvalue weighted by molar-refractivity contribution is -0.112. The minimum atomic E-state index is -0.368. The second-order valence-corrected chi connectivity index (χ2v) is 9.39. The highest BCUT2D eigenvalue weighted by molar-refractivity contribution is 5.94. The fourth-order valence-electron chi connectivity index (χ4n) is 5.01. The lowest BCUT2D eigenvalue weighted by Crippen LogP contribution is -2.49. The van der Waals surface area contributed by atoms with Crippen LogP contribution in [0.1, 0.15) is 60.2 Å². The first-order chi connectivity index (χ1) is 15.1. The van der Waals surface area contributed by atoms with Crippen LogP contribution >= 0.6 is 0 Å². The number of carbonyl (C=O) groups is 1. The van der Waals surface area contributed by atoms with Crippen LogP contribution in [0.2, 0.25) is 0 Å². The number of pyridine rings is 1. The van der Waals surface area contributed by atoms with Gasteiger partial charge in [0.2, 0.25) is 0 Å². The molecule has 7 nitrogen and oxygen atoms in total. The summed E-state index contributed by atoms with van der Waals surface area (Å²) in [5.74, 6) is 2.00. The van der Waals surface area contributed by atoms with Gasteiger partial charge in [-0.15, -0.1) is 0 Å². The summed E-state index contributed by atoms with van der Waals surface area (Å²) in [4.78, 5) is 26.5. The van der Waals surface area contributed by atoms with Crippen molar-refractivity contribution in [1.29, 1.82) is 0 Å². The van der Waals surface area contributed by atoms with Crippen LogP contribution in [-0.4, -0.2) is 63.5 Å². The predicted octanol–water partition coefficient (Wildman–Crippen LogP) is 2.84. The normalized spacial score (nSPS) is 20.3. The summed E-state index contributed by atoms with van der Waals surface area (Å²) < 4.78 is 8.72. The van der Waals surface area contributed by atoms with Crippen molar-refractivity contribution < 1.29 is 9.53 Å². The molecule has 3 aliphatic rings. The molecule has 7 heteroatoms. The topological polar surface area (TPSA) is 63.5 Å². The fourth-order valence-corrected chi connectivity index (χ4v) is 5.01. The lowest BCUT2D eigenvalue weighted by Gasteiger charge is -2.43. The molecule has 0 radical (unpaired) electrons. The molecule has 5 rings (SSSR count). The molecule has 0 aromatic carbocycles. The van der Waals surface area contributed by atoms with Gasteiger partial charge in [-0.3, -0.25) is 9.78 Å². The van der Waals surface area contributed by atoms with E-state index >= 15 is 0 Å². The molecular formula is C24H33N5O2. The fraction of sp³-hybridized carbons (Fsp3) is 0.625. The number of ether oxygens (including phenoxy) is 1. The Kier molecular flexibility index (Phi) is 5.56. The zero-order valence-corrected chi connectivity index (χ0v) is 18.7. The molecule has 1 spiro atoms. The highest BCUT2D eigenvalue weighted by Crippen LogP contribution is 2.39. The zero-order chi connectivity index (χ0) is 21.4. The average molecular weight is 424 g/mol. The number of hydrogen-bond donors (Lipinski definition) is 0. The van der Waals surface area contributed by atoms with E-state index in [4.69, 9.17) is 9.72 Å². The highest BCUT2D eigenvalue weighted by atomic mass is 16.5. The Labute approximate surface area is 184 Å². The van der Waals surface area contributed by atoms with E-state index in [9.17, 15) is 4.79 Å². The monoisotopic (exact) mass is 423 g/mol. The van der Waals surface area contributed by atoms with Crippen LogP contribution in [-0.2, 0) is 29.8 Å². The Morgan fingerprint density at radius 1 is 1.19 bits per heavy atom. The molecule has 4 heterocycles. The summed E-state index contributed by atoms with van der Waals surface area (Å²) in [5, 5.41) is 0. The quantitative estimate of drug-likeness (QED) is 0.715. The van der Waals surface area contributed by atoms with Crippen molar-refractivity contribution in [3.63, 3.8) is 0 Å². The summed E-state index contributed by atoms with van der Waals surface area (Å²) in [6.45, 7) is 7.11. The standard InChI is InChI=1S/C24H33N5O2/c1-3-20-7-6-19(14-25-20)22(30)28-10-8-24(9-11-28)23-26-15-21(29(23)12-13-31-24)17-27(2)16-18-4-5-18/h6-7,14-15,18H,3-5,8-13,16-17H2,1-2H3. The smallest absolute Gasteiger partial charge is 0.255 e. The Hall–Kier alpha value is -2.25. The Bertz CT molecular complexity index is 926. The molecule has 1 saturated carbocycles. The van der Waals surface area contributed by atoms with Gasteiger partial charge < -0.3 is 19.1 Å². The molecule has 2 fully saturated rings. The van der Waals surface area contributed by atoms with Gasteiger partial charge in [-0.25, -0.2) is 4.98 Å². The Morgan fingerprint density at radius 2 is 2.00 bits per heavy atom. The van der Waals surface area contributed by atoms with Gasteiger partial charge >= 0.3 is 0 Å². The number of nitrogens with zero attached hydrogens (tertiary/aromatic N) is 5. The van der Waals surface area contributed by atoms with Gasteiger partial charge in [0, 0.05) is 63.7 Å². The predicted molar refractivity (Wildman–Crippen MR) is 118 cm³/mol. The van der Waals surface area contributed by atoms with Gasteiger partial charge in [-0.1, -0.05) is 6.92 Å². The van der Waals surface area contributed by atoms with Crippen LogP contribution < -0.4 is 0 Å². The minimum Gasteiger partial charge on any atom is -0.365 e. The maximum absolute atomic E-state index is 13.0.